The summed E-state index contributed by atoms with van der Waals surface area (Å²) in [5.41, 5.74) is 4.84. The van der Waals surface area contributed by atoms with E-state index in [4.69, 9.17) is 11.1 Å². The number of carbonyl (C=O) groups excluding carboxylic acids is 1. The number of amides is 2. The molecule has 7 heteroatoms. The molecule has 13 heavy (non-hydrogen) atoms. The minimum absolute atomic E-state index is 0.114. The number of aromatic amines is 1. The van der Waals surface area contributed by atoms with Crippen LogP contribution in [0.5, 0.6) is 0 Å². The van der Waals surface area contributed by atoms with E-state index in [1.54, 1.807) is 7.05 Å². The van der Waals surface area contributed by atoms with Gasteiger partial charge in [-0.15, -0.1) is 0 Å². The Morgan fingerprint density at radius 3 is 3.00 bits per heavy atom. The number of urea groups is 1. The molecule has 0 saturated carbocycles. The van der Waals surface area contributed by atoms with Crippen molar-refractivity contribution in [3.8, 4) is 0 Å². The number of carbonyl (C=O) groups is 1. The molecule has 0 aliphatic rings. The maximum absolute atomic E-state index is 10.4. The standard InChI is InChI=1S/C6H10N6O/c1-12(4-2-9-3-10-4)5(7)11-6(8)13/h2-3H,1H3,(H,9,10)(H4,7,8,11,13). The molecule has 1 aromatic rings. The highest BCUT2D eigenvalue weighted by atomic mass is 16.2. The van der Waals surface area contributed by atoms with Gasteiger partial charge >= 0.3 is 6.03 Å². The summed E-state index contributed by atoms with van der Waals surface area (Å²) in [5.74, 6) is 0.482. The lowest BCUT2D eigenvalue weighted by Gasteiger charge is -2.16. The Morgan fingerprint density at radius 1 is 1.85 bits per heavy atom. The van der Waals surface area contributed by atoms with Crippen molar-refractivity contribution in [1.29, 1.82) is 5.41 Å². The van der Waals surface area contributed by atoms with Crippen LogP contribution in [0.1, 0.15) is 0 Å². The second-order valence-electron chi connectivity index (χ2n) is 2.33. The highest BCUT2D eigenvalue weighted by molar-refractivity contribution is 6.02. The van der Waals surface area contributed by atoms with Crippen LogP contribution < -0.4 is 16.0 Å². The van der Waals surface area contributed by atoms with Crippen LogP contribution in [0.25, 0.3) is 0 Å². The van der Waals surface area contributed by atoms with Crippen LogP contribution in [0.4, 0.5) is 10.6 Å². The van der Waals surface area contributed by atoms with Crippen LogP contribution in [-0.2, 0) is 0 Å². The van der Waals surface area contributed by atoms with Crippen LogP contribution in [0.2, 0.25) is 0 Å². The van der Waals surface area contributed by atoms with Gasteiger partial charge < -0.3 is 15.6 Å². The average molecular weight is 182 g/mol. The Kier molecular flexibility index (Phi) is 2.48. The van der Waals surface area contributed by atoms with E-state index in [2.05, 4.69) is 15.3 Å². The van der Waals surface area contributed by atoms with Crippen LogP contribution in [0.15, 0.2) is 12.5 Å². The number of guanidine groups is 1. The molecule has 5 N–H and O–H groups in total. The van der Waals surface area contributed by atoms with Crippen molar-refractivity contribution in [2.75, 3.05) is 11.9 Å². The van der Waals surface area contributed by atoms with Gasteiger partial charge in [-0.05, 0) is 0 Å². The first-order chi connectivity index (χ1) is 6.11. The van der Waals surface area contributed by atoms with Crippen LogP contribution >= 0.6 is 0 Å². The summed E-state index contributed by atoms with van der Waals surface area (Å²) in [7, 11) is 1.60. The molecule has 0 fully saturated rings. The first kappa shape index (κ1) is 9.04. The van der Waals surface area contributed by atoms with E-state index in [1.807, 2.05) is 0 Å². The summed E-state index contributed by atoms with van der Waals surface area (Å²) in [6.45, 7) is 0. The molecule has 0 atom stereocenters. The third-order valence-corrected chi connectivity index (χ3v) is 1.42. The number of H-pyrrole nitrogens is 1. The highest BCUT2D eigenvalue weighted by Crippen LogP contribution is 2.03. The smallest absolute Gasteiger partial charge is 0.318 e. The SMILES string of the molecule is CN(C(=N)NC(N)=O)c1cnc[nH]1. The van der Waals surface area contributed by atoms with Gasteiger partial charge in [0.15, 0.2) is 0 Å². The molecular formula is C6H10N6O. The second-order valence-corrected chi connectivity index (χ2v) is 2.33. The maximum Gasteiger partial charge on any atom is 0.318 e. The Balaban J connectivity index is 2.63. The van der Waals surface area contributed by atoms with Crippen molar-refractivity contribution < 1.29 is 4.79 Å². The molecule has 0 aromatic carbocycles. The van der Waals surface area contributed by atoms with E-state index in [1.165, 1.54) is 17.4 Å². The van der Waals surface area contributed by atoms with Gasteiger partial charge in [-0.3, -0.25) is 10.7 Å². The van der Waals surface area contributed by atoms with Crippen molar-refractivity contribution in [2.24, 2.45) is 5.73 Å². The summed E-state index contributed by atoms with van der Waals surface area (Å²) >= 11 is 0. The highest BCUT2D eigenvalue weighted by Gasteiger charge is 2.08. The van der Waals surface area contributed by atoms with Crippen LogP contribution in [0, 0.1) is 5.41 Å². The number of rotatable bonds is 1. The molecule has 7 nitrogen and oxygen atoms in total. The fourth-order valence-electron chi connectivity index (χ4n) is 0.753. The minimum Gasteiger partial charge on any atom is -0.351 e. The molecule has 0 spiro atoms. The van der Waals surface area contributed by atoms with Crippen molar-refractivity contribution in [3.63, 3.8) is 0 Å². The van der Waals surface area contributed by atoms with Gasteiger partial charge in [0.25, 0.3) is 0 Å². The normalized spacial score (nSPS) is 9.31. The summed E-state index contributed by atoms with van der Waals surface area (Å²) in [6, 6.07) is -0.767. The van der Waals surface area contributed by atoms with E-state index in [0.717, 1.165) is 0 Å². The van der Waals surface area contributed by atoms with Gasteiger partial charge in [0, 0.05) is 7.05 Å². The lowest BCUT2D eigenvalue weighted by Crippen LogP contribution is -2.44. The van der Waals surface area contributed by atoms with Gasteiger partial charge in [-0.25, -0.2) is 9.78 Å². The van der Waals surface area contributed by atoms with E-state index in [0.29, 0.717) is 5.82 Å². The summed E-state index contributed by atoms with van der Waals surface area (Å²) in [5, 5.41) is 9.50. The fraction of sp³-hybridized carbons (Fsp3) is 0.167. The molecular weight excluding hydrogens is 172 g/mol. The number of primary amides is 1. The molecule has 70 valence electrons. The number of nitrogens with one attached hydrogen (secondary N) is 3. The molecule has 1 rings (SSSR count). The summed E-state index contributed by atoms with van der Waals surface area (Å²) in [4.78, 5) is 18.3. The van der Waals surface area contributed by atoms with Crippen molar-refractivity contribution in [1.82, 2.24) is 15.3 Å². The molecule has 0 aliphatic carbocycles. The lowest BCUT2D eigenvalue weighted by atomic mass is 10.6. The minimum atomic E-state index is -0.767. The van der Waals surface area contributed by atoms with Gasteiger partial charge in [-0.1, -0.05) is 0 Å². The van der Waals surface area contributed by atoms with Gasteiger partial charge in [-0.2, -0.15) is 0 Å². The molecule has 2 amide bonds. The van der Waals surface area contributed by atoms with E-state index >= 15 is 0 Å². The van der Waals surface area contributed by atoms with Gasteiger partial charge in [0.2, 0.25) is 5.96 Å². The van der Waals surface area contributed by atoms with E-state index in [9.17, 15) is 4.79 Å². The predicted molar refractivity (Wildman–Crippen MR) is 47.4 cm³/mol. The van der Waals surface area contributed by atoms with E-state index in [-0.39, 0.29) is 5.96 Å². The first-order valence-corrected chi connectivity index (χ1v) is 3.48. The Labute approximate surface area is 74.5 Å². The van der Waals surface area contributed by atoms with Crippen LogP contribution in [0.3, 0.4) is 0 Å². The van der Waals surface area contributed by atoms with Crippen LogP contribution in [-0.4, -0.2) is 29.0 Å². The quantitative estimate of drug-likeness (QED) is 0.345. The molecule has 1 heterocycles. The number of imidazole rings is 1. The number of hydrogen-bond acceptors (Lipinski definition) is 3. The predicted octanol–water partition coefficient (Wildman–Crippen LogP) is -0.551. The van der Waals surface area contributed by atoms with Crippen molar-refractivity contribution in [3.05, 3.63) is 12.5 Å². The molecule has 0 unspecified atom stereocenters. The second kappa shape index (κ2) is 3.57. The summed E-state index contributed by atoms with van der Waals surface area (Å²) in [6.07, 6.45) is 3.00. The van der Waals surface area contributed by atoms with E-state index < -0.39 is 6.03 Å². The number of hydrogen-bond donors (Lipinski definition) is 4. The van der Waals surface area contributed by atoms with Gasteiger partial charge in [0.05, 0.1) is 12.5 Å². The topological polar surface area (TPSA) is 111 Å². The number of anilines is 1. The lowest BCUT2D eigenvalue weighted by molar-refractivity contribution is 0.253. The zero-order valence-corrected chi connectivity index (χ0v) is 7.03. The largest absolute Gasteiger partial charge is 0.351 e. The summed E-state index contributed by atoms with van der Waals surface area (Å²) < 4.78 is 0. The average Bonchev–Trinajstić information content (AvgIpc) is 2.53. The number of nitrogens with zero attached hydrogens (tertiary/aromatic N) is 2. The molecule has 1 aromatic heterocycles. The third-order valence-electron chi connectivity index (χ3n) is 1.42. The third kappa shape index (κ3) is 2.19. The van der Waals surface area contributed by atoms with Gasteiger partial charge in [0.1, 0.15) is 5.82 Å². The fourth-order valence-corrected chi connectivity index (χ4v) is 0.753. The first-order valence-electron chi connectivity index (χ1n) is 3.48. The Hall–Kier alpha value is -2.05. The number of aromatic nitrogens is 2. The Bertz CT molecular complexity index is 305. The maximum atomic E-state index is 10.4. The van der Waals surface area contributed by atoms with Crippen molar-refractivity contribution in [2.45, 2.75) is 0 Å². The monoisotopic (exact) mass is 182 g/mol. The molecule has 0 saturated heterocycles. The zero-order chi connectivity index (χ0) is 9.84. The number of nitrogens with two attached hydrogens (primary N) is 1. The molecule has 0 aliphatic heterocycles. The zero-order valence-electron chi connectivity index (χ0n) is 7.03. The molecule has 0 radical (unpaired) electrons. The Morgan fingerprint density at radius 2 is 2.54 bits per heavy atom. The molecule has 0 bridgehead atoms. The van der Waals surface area contributed by atoms with Crippen molar-refractivity contribution >= 4 is 17.8 Å².